The van der Waals surface area contributed by atoms with E-state index in [0.717, 1.165) is 18.3 Å². The van der Waals surface area contributed by atoms with Gasteiger partial charge in [-0.25, -0.2) is 0 Å². The third-order valence-electron chi connectivity index (χ3n) is 1.86. The highest BCUT2D eigenvalue weighted by atomic mass is 127. The Hall–Kier alpha value is -0.380. The van der Waals surface area contributed by atoms with Crippen molar-refractivity contribution in [3.63, 3.8) is 0 Å². The molecule has 1 aromatic carbocycles. The van der Waals surface area contributed by atoms with Crippen molar-refractivity contribution < 1.29 is 19.4 Å². The first-order valence-electron chi connectivity index (χ1n) is 4.28. The van der Waals surface area contributed by atoms with E-state index in [2.05, 4.69) is 49.9 Å². The SMILES string of the molecule is O=COCc1cc(I)c(CC(=O)O)cc1I. The van der Waals surface area contributed by atoms with Crippen molar-refractivity contribution in [1.82, 2.24) is 0 Å². The molecule has 0 aliphatic rings. The van der Waals surface area contributed by atoms with E-state index in [1.54, 1.807) is 6.07 Å². The average molecular weight is 446 g/mol. The number of benzene rings is 1. The number of hydrogen-bond donors (Lipinski definition) is 1. The maximum atomic E-state index is 10.6. The summed E-state index contributed by atoms with van der Waals surface area (Å²) in [5.74, 6) is -0.856. The van der Waals surface area contributed by atoms with Gasteiger partial charge >= 0.3 is 5.97 Å². The largest absolute Gasteiger partial charge is 0.481 e. The summed E-state index contributed by atoms with van der Waals surface area (Å²) >= 11 is 4.17. The van der Waals surface area contributed by atoms with Crippen LogP contribution in [-0.2, 0) is 27.4 Å². The van der Waals surface area contributed by atoms with Crippen LogP contribution in [0.4, 0.5) is 0 Å². The van der Waals surface area contributed by atoms with Crippen LogP contribution in [0.1, 0.15) is 11.1 Å². The molecule has 0 amide bonds. The zero-order chi connectivity index (χ0) is 12.1. The summed E-state index contributed by atoms with van der Waals surface area (Å²) in [4.78, 5) is 20.7. The molecule has 0 fully saturated rings. The normalized spacial score (nSPS) is 9.88. The Morgan fingerprint density at radius 1 is 1.31 bits per heavy atom. The van der Waals surface area contributed by atoms with Gasteiger partial charge in [-0.05, 0) is 62.9 Å². The lowest BCUT2D eigenvalue weighted by atomic mass is 10.1. The average Bonchev–Trinajstić information content (AvgIpc) is 2.20. The Morgan fingerprint density at radius 2 is 1.88 bits per heavy atom. The van der Waals surface area contributed by atoms with Crippen molar-refractivity contribution in [2.24, 2.45) is 0 Å². The van der Waals surface area contributed by atoms with Crippen molar-refractivity contribution in [2.45, 2.75) is 13.0 Å². The molecule has 0 heterocycles. The zero-order valence-corrected chi connectivity index (χ0v) is 12.4. The predicted molar refractivity (Wildman–Crippen MR) is 74.1 cm³/mol. The number of carboxylic acid groups (broad SMARTS) is 1. The second kappa shape index (κ2) is 6.38. The lowest BCUT2D eigenvalue weighted by molar-refractivity contribution is -0.136. The summed E-state index contributed by atoms with van der Waals surface area (Å²) in [6.07, 6.45) is 0.00307. The monoisotopic (exact) mass is 446 g/mol. The maximum Gasteiger partial charge on any atom is 0.307 e. The molecule has 86 valence electrons. The molecular weight excluding hydrogens is 438 g/mol. The van der Waals surface area contributed by atoms with Crippen LogP contribution < -0.4 is 0 Å². The highest BCUT2D eigenvalue weighted by molar-refractivity contribution is 14.1. The second-order valence-corrected chi connectivity index (χ2v) is 5.34. The van der Waals surface area contributed by atoms with Crippen LogP contribution in [0.2, 0.25) is 0 Å². The molecule has 1 rings (SSSR count). The second-order valence-electron chi connectivity index (χ2n) is 3.01. The zero-order valence-electron chi connectivity index (χ0n) is 8.07. The summed E-state index contributed by atoms with van der Waals surface area (Å²) in [6.45, 7) is 0.610. The predicted octanol–water partition coefficient (Wildman–Crippen LogP) is 2.20. The van der Waals surface area contributed by atoms with Gasteiger partial charge in [-0.3, -0.25) is 9.59 Å². The van der Waals surface area contributed by atoms with Gasteiger partial charge in [0.1, 0.15) is 6.61 Å². The van der Waals surface area contributed by atoms with Gasteiger partial charge in [0.25, 0.3) is 6.47 Å². The number of carbonyl (C=O) groups excluding carboxylic acids is 1. The van der Waals surface area contributed by atoms with Gasteiger partial charge in [0.05, 0.1) is 6.42 Å². The van der Waals surface area contributed by atoms with E-state index >= 15 is 0 Å². The molecule has 1 N–H and O–H groups in total. The molecule has 0 aromatic heterocycles. The molecule has 6 heteroatoms. The molecule has 0 aliphatic heterocycles. The van der Waals surface area contributed by atoms with Crippen LogP contribution in [0.3, 0.4) is 0 Å². The molecule has 1 aromatic rings. The van der Waals surface area contributed by atoms with Gasteiger partial charge in [0.15, 0.2) is 0 Å². The minimum Gasteiger partial charge on any atom is -0.481 e. The van der Waals surface area contributed by atoms with Crippen LogP contribution in [0.5, 0.6) is 0 Å². The molecule has 0 unspecified atom stereocenters. The van der Waals surface area contributed by atoms with E-state index in [0.29, 0.717) is 6.47 Å². The smallest absolute Gasteiger partial charge is 0.307 e. The van der Waals surface area contributed by atoms with Gasteiger partial charge < -0.3 is 9.84 Å². The molecule has 0 spiro atoms. The summed E-state index contributed by atoms with van der Waals surface area (Å²) in [5, 5.41) is 8.72. The van der Waals surface area contributed by atoms with Crippen molar-refractivity contribution in [2.75, 3.05) is 0 Å². The fourth-order valence-corrected chi connectivity index (χ4v) is 2.57. The Balaban J connectivity index is 2.96. The third kappa shape index (κ3) is 3.89. The molecule has 0 atom stereocenters. The lowest BCUT2D eigenvalue weighted by Gasteiger charge is -2.08. The summed E-state index contributed by atoms with van der Waals surface area (Å²) in [7, 11) is 0. The first-order valence-corrected chi connectivity index (χ1v) is 6.44. The highest BCUT2D eigenvalue weighted by Crippen LogP contribution is 2.21. The first kappa shape index (κ1) is 13.7. The fourth-order valence-electron chi connectivity index (χ4n) is 1.16. The molecule has 0 saturated carbocycles. The summed E-state index contributed by atoms with van der Waals surface area (Å²) in [5.41, 5.74) is 1.65. The molecule has 0 radical (unpaired) electrons. The Morgan fingerprint density at radius 3 is 2.44 bits per heavy atom. The van der Waals surface area contributed by atoms with E-state index < -0.39 is 5.97 Å². The van der Waals surface area contributed by atoms with Gasteiger partial charge in [-0.2, -0.15) is 0 Å². The van der Waals surface area contributed by atoms with Crippen LogP contribution in [0.15, 0.2) is 12.1 Å². The van der Waals surface area contributed by atoms with E-state index in [-0.39, 0.29) is 13.0 Å². The fraction of sp³-hybridized carbons (Fsp3) is 0.200. The van der Waals surface area contributed by atoms with Crippen molar-refractivity contribution in [3.8, 4) is 0 Å². The minimum absolute atomic E-state index is 0.00307. The number of aliphatic carboxylic acids is 1. The highest BCUT2D eigenvalue weighted by Gasteiger charge is 2.09. The molecule has 4 nitrogen and oxygen atoms in total. The van der Waals surface area contributed by atoms with Crippen molar-refractivity contribution in [1.29, 1.82) is 0 Å². The first-order chi connectivity index (χ1) is 7.54. The number of ether oxygens (including phenoxy) is 1. The van der Waals surface area contributed by atoms with E-state index in [1.807, 2.05) is 6.07 Å². The number of rotatable bonds is 5. The van der Waals surface area contributed by atoms with Crippen LogP contribution in [0.25, 0.3) is 0 Å². The number of carboxylic acids is 1. The third-order valence-corrected chi connectivity index (χ3v) is 3.87. The Bertz CT molecular complexity index is 418. The molecule has 16 heavy (non-hydrogen) atoms. The summed E-state index contributed by atoms with van der Waals surface area (Å²) < 4.78 is 6.44. The van der Waals surface area contributed by atoms with E-state index in [4.69, 9.17) is 5.11 Å². The van der Waals surface area contributed by atoms with Gasteiger partial charge in [-0.15, -0.1) is 0 Å². The molecule has 0 saturated heterocycles. The van der Waals surface area contributed by atoms with E-state index in [1.165, 1.54) is 0 Å². The van der Waals surface area contributed by atoms with Gasteiger partial charge in [-0.1, -0.05) is 0 Å². The standard InChI is InChI=1S/C10H8I2O4/c11-8-2-7(4-16-5-13)9(12)1-6(8)3-10(14)15/h1-2,5H,3-4H2,(H,14,15). The quantitative estimate of drug-likeness (QED) is 0.557. The van der Waals surface area contributed by atoms with Crippen molar-refractivity contribution >= 4 is 57.6 Å². The van der Waals surface area contributed by atoms with E-state index in [9.17, 15) is 9.59 Å². The lowest BCUT2D eigenvalue weighted by Crippen LogP contribution is -2.04. The molecular formula is C10H8I2O4. The number of halogens is 2. The van der Waals surface area contributed by atoms with Crippen LogP contribution >= 0.6 is 45.2 Å². The number of carbonyl (C=O) groups is 2. The van der Waals surface area contributed by atoms with Crippen LogP contribution in [-0.4, -0.2) is 17.5 Å². The van der Waals surface area contributed by atoms with Crippen LogP contribution in [0, 0.1) is 7.14 Å². The topological polar surface area (TPSA) is 63.6 Å². The van der Waals surface area contributed by atoms with Gasteiger partial charge in [0.2, 0.25) is 0 Å². The van der Waals surface area contributed by atoms with Crippen molar-refractivity contribution in [3.05, 3.63) is 30.4 Å². The molecule has 0 bridgehead atoms. The minimum atomic E-state index is -0.856. The Labute approximate surface area is 120 Å². The summed E-state index contributed by atoms with van der Waals surface area (Å²) in [6, 6.07) is 3.64. The maximum absolute atomic E-state index is 10.6. The Kier molecular flexibility index (Phi) is 5.46. The molecule has 0 aliphatic carbocycles. The van der Waals surface area contributed by atoms with Gasteiger partial charge in [0, 0.05) is 12.7 Å². The number of hydrogen-bond acceptors (Lipinski definition) is 3.